The van der Waals surface area contributed by atoms with Gasteiger partial charge in [-0.25, -0.2) is 13.2 Å². The number of aromatic nitrogens is 1. The molecule has 31 heavy (non-hydrogen) atoms. The second kappa shape index (κ2) is 9.30. The molecule has 1 aliphatic heterocycles. The van der Waals surface area contributed by atoms with Crippen LogP contribution in [0.4, 0.5) is 0 Å². The van der Waals surface area contributed by atoms with E-state index < -0.39 is 22.4 Å². The lowest BCUT2D eigenvalue weighted by molar-refractivity contribution is -0.137. The van der Waals surface area contributed by atoms with Gasteiger partial charge in [-0.3, -0.25) is 4.79 Å². The minimum Gasteiger partial charge on any atom is -0.467 e. The fourth-order valence-electron chi connectivity index (χ4n) is 3.97. The smallest absolute Gasteiger partial charge is 0.340 e. The molecular formula is C22H30N2O6S. The van der Waals surface area contributed by atoms with Gasteiger partial charge in [0.05, 0.1) is 29.9 Å². The molecule has 2 aromatic rings. The molecule has 3 heterocycles. The highest BCUT2D eigenvalue weighted by molar-refractivity contribution is 7.91. The number of furan rings is 1. The van der Waals surface area contributed by atoms with Crippen molar-refractivity contribution in [3.05, 3.63) is 47.2 Å². The molecule has 0 radical (unpaired) electrons. The third-order valence-corrected chi connectivity index (χ3v) is 7.30. The molecular weight excluding hydrogens is 420 g/mol. The van der Waals surface area contributed by atoms with E-state index in [2.05, 4.69) is 0 Å². The van der Waals surface area contributed by atoms with Crippen LogP contribution in [0.25, 0.3) is 0 Å². The summed E-state index contributed by atoms with van der Waals surface area (Å²) in [4.78, 5) is 27.1. The fourth-order valence-corrected chi connectivity index (χ4v) is 5.70. The van der Waals surface area contributed by atoms with Crippen LogP contribution in [0.15, 0.2) is 28.9 Å². The zero-order valence-electron chi connectivity index (χ0n) is 18.5. The van der Waals surface area contributed by atoms with E-state index in [-0.39, 0.29) is 29.4 Å². The van der Waals surface area contributed by atoms with Gasteiger partial charge in [0, 0.05) is 24.0 Å². The Balaban J connectivity index is 1.67. The van der Waals surface area contributed by atoms with Crippen molar-refractivity contribution in [2.75, 3.05) is 24.7 Å². The van der Waals surface area contributed by atoms with Gasteiger partial charge in [0.1, 0.15) is 5.76 Å². The van der Waals surface area contributed by atoms with Gasteiger partial charge >= 0.3 is 5.97 Å². The predicted octanol–water partition coefficient (Wildman–Crippen LogP) is 2.57. The number of nitrogens with zero attached hydrogens (tertiary/aromatic N) is 2. The summed E-state index contributed by atoms with van der Waals surface area (Å²) in [5.41, 5.74) is 2.01. The van der Waals surface area contributed by atoms with Crippen LogP contribution in [0.1, 0.15) is 47.8 Å². The molecule has 0 saturated carbocycles. The minimum absolute atomic E-state index is 0.0344. The van der Waals surface area contributed by atoms with Crippen molar-refractivity contribution in [3.63, 3.8) is 0 Å². The summed E-state index contributed by atoms with van der Waals surface area (Å²) in [6.45, 7) is 8.15. The minimum atomic E-state index is -3.13. The quantitative estimate of drug-likeness (QED) is 0.573. The van der Waals surface area contributed by atoms with Crippen molar-refractivity contribution in [2.45, 2.75) is 46.7 Å². The Morgan fingerprint density at radius 1 is 1.32 bits per heavy atom. The molecule has 170 valence electrons. The van der Waals surface area contributed by atoms with Crippen molar-refractivity contribution in [3.8, 4) is 0 Å². The molecule has 0 spiro atoms. The van der Waals surface area contributed by atoms with Crippen molar-refractivity contribution in [1.29, 1.82) is 0 Å². The van der Waals surface area contributed by atoms with E-state index in [1.54, 1.807) is 17.2 Å². The molecule has 0 bridgehead atoms. The summed E-state index contributed by atoms with van der Waals surface area (Å²) in [6, 6.07) is 5.04. The summed E-state index contributed by atoms with van der Waals surface area (Å²) in [5.74, 6) is 0.0503. The first-order chi connectivity index (χ1) is 14.6. The first kappa shape index (κ1) is 23.1. The van der Waals surface area contributed by atoms with Crippen LogP contribution in [0.5, 0.6) is 0 Å². The monoisotopic (exact) mass is 450 g/mol. The van der Waals surface area contributed by atoms with E-state index in [0.29, 0.717) is 25.1 Å². The van der Waals surface area contributed by atoms with Crippen LogP contribution < -0.4 is 0 Å². The van der Waals surface area contributed by atoms with E-state index in [4.69, 9.17) is 9.15 Å². The summed E-state index contributed by atoms with van der Waals surface area (Å²) < 4.78 is 36.4. The molecule has 2 aromatic heterocycles. The maximum atomic E-state index is 12.8. The summed E-state index contributed by atoms with van der Waals surface area (Å²) >= 11 is 0. The zero-order valence-corrected chi connectivity index (χ0v) is 19.3. The molecule has 1 atom stereocenters. The SMILES string of the molecule is Cc1cc(C(=O)OCC(=O)N(CC(C)C)C2CCS(=O)(=O)C2)c(C)n1Cc1ccco1. The van der Waals surface area contributed by atoms with E-state index in [1.807, 2.05) is 44.4 Å². The number of esters is 1. The number of rotatable bonds is 8. The molecule has 0 N–H and O–H groups in total. The van der Waals surface area contributed by atoms with Crippen LogP contribution in [0.2, 0.25) is 0 Å². The average Bonchev–Trinajstić information content (AvgIpc) is 3.40. The predicted molar refractivity (Wildman–Crippen MR) is 116 cm³/mol. The molecule has 3 rings (SSSR count). The lowest BCUT2D eigenvalue weighted by Crippen LogP contribution is -2.45. The number of sulfone groups is 1. The summed E-state index contributed by atoms with van der Waals surface area (Å²) in [6.07, 6.45) is 2.02. The maximum absolute atomic E-state index is 12.8. The Kier molecular flexibility index (Phi) is 6.93. The molecule has 8 nitrogen and oxygen atoms in total. The van der Waals surface area contributed by atoms with E-state index >= 15 is 0 Å². The molecule has 1 saturated heterocycles. The number of carbonyl (C=O) groups excluding carboxylic acids is 2. The van der Waals surface area contributed by atoms with Gasteiger partial charge in [0.2, 0.25) is 0 Å². The van der Waals surface area contributed by atoms with Gasteiger partial charge < -0.3 is 18.6 Å². The third kappa shape index (κ3) is 5.58. The van der Waals surface area contributed by atoms with E-state index in [9.17, 15) is 18.0 Å². The molecule has 1 aliphatic rings. The number of amides is 1. The molecule has 1 amide bonds. The van der Waals surface area contributed by atoms with Gasteiger partial charge in [0.15, 0.2) is 16.4 Å². The zero-order chi connectivity index (χ0) is 22.8. The van der Waals surface area contributed by atoms with Gasteiger partial charge in [0.25, 0.3) is 5.91 Å². The Morgan fingerprint density at radius 2 is 2.06 bits per heavy atom. The average molecular weight is 451 g/mol. The number of hydrogen-bond donors (Lipinski definition) is 0. The first-order valence-corrected chi connectivity index (χ1v) is 12.3. The molecule has 9 heteroatoms. The maximum Gasteiger partial charge on any atom is 0.340 e. The van der Waals surface area contributed by atoms with Gasteiger partial charge in [-0.05, 0) is 44.4 Å². The van der Waals surface area contributed by atoms with Gasteiger partial charge in [-0.1, -0.05) is 13.8 Å². The van der Waals surface area contributed by atoms with Crippen LogP contribution in [-0.2, 0) is 25.9 Å². The first-order valence-electron chi connectivity index (χ1n) is 10.4. The second-order valence-electron chi connectivity index (χ2n) is 8.52. The summed E-state index contributed by atoms with van der Waals surface area (Å²) in [7, 11) is -3.13. The highest BCUT2D eigenvalue weighted by atomic mass is 32.2. The highest BCUT2D eigenvalue weighted by Gasteiger charge is 2.35. The second-order valence-corrected chi connectivity index (χ2v) is 10.8. The van der Waals surface area contributed by atoms with Crippen LogP contribution in [-0.4, -0.2) is 60.5 Å². The molecule has 1 unspecified atom stereocenters. The highest BCUT2D eigenvalue weighted by Crippen LogP contribution is 2.21. The topological polar surface area (TPSA) is 98.8 Å². The number of carbonyl (C=O) groups is 2. The fraction of sp³-hybridized carbons (Fsp3) is 0.545. The Labute approximate surface area is 183 Å². The Bertz CT molecular complexity index is 1040. The standard InChI is InChI=1S/C22H30N2O6S/c1-15(2)11-24(18-7-9-31(27,28)14-18)21(25)13-30-22(26)20-10-16(3)23(17(20)4)12-19-6-5-8-29-19/h5-6,8,10,15,18H,7,9,11-14H2,1-4H3. The molecule has 0 aromatic carbocycles. The lowest BCUT2D eigenvalue weighted by Gasteiger charge is -2.29. The van der Waals surface area contributed by atoms with Crippen LogP contribution in [0.3, 0.4) is 0 Å². The normalized spacial score (nSPS) is 17.8. The molecule has 0 aliphatic carbocycles. The Hall–Kier alpha value is -2.55. The third-order valence-electron chi connectivity index (χ3n) is 5.55. The van der Waals surface area contributed by atoms with E-state index in [1.165, 1.54) is 0 Å². The van der Waals surface area contributed by atoms with Crippen molar-refractivity contribution >= 4 is 21.7 Å². The Morgan fingerprint density at radius 3 is 2.65 bits per heavy atom. The van der Waals surface area contributed by atoms with Crippen LogP contribution >= 0.6 is 0 Å². The van der Waals surface area contributed by atoms with Gasteiger partial charge in [-0.15, -0.1) is 0 Å². The lowest BCUT2D eigenvalue weighted by atomic mass is 10.1. The van der Waals surface area contributed by atoms with Crippen molar-refractivity contribution in [2.24, 2.45) is 5.92 Å². The summed E-state index contributed by atoms with van der Waals surface area (Å²) in [5, 5.41) is 0. The number of hydrogen-bond acceptors (Lipinski definition) is 6. The van der Waals surface area contributed by atoms with E-state index in [0.717, 1.165) is 17.1 Å². The number of ether oxygens (including phenoxy) is 1. The van der Waals surface area contributed by atoms with Crippen molar-refractivity contribution < 1.29 is 27.2 Å². The molecule has 1 fully saturated rings. The van der Waals surface area contributed by atoms with Crippen molar-refractivity contribution in [1.82, 2.24) is 9.47 Å². The number of aryl methyl sites for hydroxylation is 1. The largest absolute Gasteiger partial charge is 0.467 e. The van der Waals surface area contributed by atoms with Gasteiger partial charge in [-0.2, -0.15) is 0 Å². The van der Waals surface area contributed by atoms with Crippen LogP contribution in [0, 0.1) is 19.8 Å².